The van der Waals surface area contributed by atoms with Crippen molar-refractivity contribution in [2.75, 3.05) is 5.43 Å². The van der Waals surface area contributed by atoms with Gasteiger partial charge < -0.3 is 5.43 Å². The summed E-state index contributed by atoms with van der Waals surface area (Å²) in [5, 5.41) is 23.6. The number of nitro groups is 1. The van der Waals surface area contributed by atoms with E-state index in [1.165, 1.54) is 4.52 Å². The second kappa shape index (κ2) is 3.85. The van der Waals surface area contributed by atoms with Gasteiger partial charge in [-0.15, -0.1) is 10.2 Å². The van der Waals surface area contributed by atoms with Crippen LogP contribution >= 0.6 is 0 Å². The number of anilines is 1. The van der Waals surface area contributed by atoms with Crippen LogP contribution in [0.4, 0.5) is 11.5 Å². The van der Waals surface area contributed by atoms with Crippen LogP contribution in [0.15, 0.2) is 18.2 Å². The second-order valence-corrected chi connectivity index (χ2v) is 3.99. The van der Waals surface area contributed by atoms with Gasteiger partial charge >= 0.3 is 5.69 Å². The fourth-order valence-electron chi connectivity index (χ4n) is 1.98. The first kappa shape index (κ1) is 11.3. The van der Waals surface area contributed by atoms with Gasteiger partial charge in [0, 0.05) is 0 Å². The van der Waals surface area contributed by atoms with Crippen LogP contribution in [0.3, 0.4) is 0 Å². The number of nitrogens with zero attached hydrogens (tertiary/aromatic N) is 5. The molecule has 0 spiro atoms. The number of fused-ring (bicyclic) bond motifs is 3. The molecule has 9 heteroatoms. The van der Waals surface area contributed by atoms with Crippen LogP contribution in [-0.2, 0) is 0 Å². The summed E-state index contributed by atoms with van der Waals surface area (Å²) in [4.78, 5) is 10.8. The zero-order valence-corrected chi connectivity index (χ0v) is 9.86. The Kier molecular flexibility index (Phi) is 2.29. The number of nitrogens with one attached hydrogen (secondary N) is 1. The number of hydrazine groups is 1. The Morgan fingerprint density at radius 1 is 1.42 bits per heavy atom. The summed E-state index contributed by atoms with van der Waals surface area (Å²) in [5.41, 5.74) is 3.62. The molecule has 0 atom stereocenters. The molecule has 0 aliphatic carbocycles. The molecule has 0 amide bonds. The molecule has 0 saturated heterocycles. The molecule has 0 bridgehead atoms. The summed E-state index contributed by atoms with van der Waals surface area (Å²) in [6, 6.07) is 4.74. The van der Waals surface area contributed by atoms with Crippen molar-refractivity contribution in [3.05, 3.63) is 34.0 Å². The van der Waals surface area contributed by atoms with Crippen LogP contribution in [0, 0.1) is 17.0 Å². The van der Waals surface area contributed by atoms with E-state index >= 15 is 0 Å². The molecule has 0 saturated carbocycles. The summed E-state index contributed by atoms with van der Waals surface area (Å²) in [6.07, 6.45) is 0. The Morgan fingerprint density at radius 2 is 2.21 bits per heavy atom. The number of nitrogen functional groups attached to an aromatic ring is 1. The fourth-order valence-corrected chi connectivity index (χ4v) is 1.98. The number of aryl methyl sites for hydroxylation is 1. The van der Waals surface area contributed by atoms with E-state index in [4.69, 9.17) is 5.84 Å². The van der Waals surface area contributed by atoms with Gasteiger partial charge in [-0.3, -0.25) is 10.1 Å². The minimum absolute atomic E-state index is 0.0379. The topological polar surface area (TPSA) is 124 Å². The van der Waals surface area contributed by atoms with Crippen molar-refractivity contribution in [1.29, 1.82) is 0 Å². The van der Waals surface area contributed by atoms with Crippen molar-refractivity contribution in [3.63, 3.8) is 0 Å². The number of hydrogen-bond acceptors (Lipinski definition) is 7. The molecule has 0 aliphatic heterocycles. The lowest BCUT2D eigenvalue weighted by atomic mass is 10.2. The lowest BCUT2D eigenvalue weighted by Crippen LogP contribution is -2.10. The van der Waals surface area contributed by atoms with Crippen LogP contribution in [0.2, 0.25) is 0 Å². The standard InChI is InChI=1S/C10H9N7O2/c1-5-4-6-9(17(18)19)7-2-3-8(12-11)15-16(7)10(6)14-13-5/h2-4H,11H2,1H3,(H,12,15). The van der Waals surface area contributed by atoms with E-state index in [0.29, 0.717) is 28.1 Å². The molecule has 0 fully saturated rings. The van der Waals surface area contributed by atoms with Crippen molar-refractivity contribution >= 4 is 28.1 Å². The average molecular weight is 259 g/mol. The monoisotopic (exact) mass is 259 g/mol. The predicted molar refractivity (Wildman–Crippen MR) is 67.5 cm³/mol. The lowest BCUT2D eigenvalue weighted by molar-refractivity contribution is -0.381. The van der Waals surface area contributed by atoms with Gasteiger partial charge in [0.15, 0.2) is 11.5 Å². The van der Waals surface area contributed by atoms with Gasteiger partial charge in [-0.25, -0.2) is 10.4 Å². The van der Waals surface area contributed by atoms with E-state index in [1.807, 2.05) is 0 Å². The van der Waals surface area contributed by atoms with Gasteiger partial charge in [0.05, 0.1) is 10.6 Å². The van der Waals surface area contributed by atoms with Gasteiger partial charge in [-0.05, 0) is 25.1 Å². The predicted octanol–water partition coefficient (Wildman–Crippen LogP) is 0.780. The van der Waals surface area contributed by atoms with Crippen LogP contribution in [0.1, 0.15) is 5.69 Å². The van der Waals surface area contributed by atoms with E-state index in [-0.39, 0.29) is 5.69 Å². The molecule has 3 aromatic rings. The minimum atomic E-state index is -0.448. The molecule has 0 unspecified atom stereocenters. The van der Waals surface area contributed by atoms with Crippen LogP contribution in [0.25, 0.3) is 16.6 Å². The lowest BCUT2D eigenvalue weighted by Gasteiger charge is -1.99. The molecule has 96 valence electrons. The highest BCUT2D eigenvalue weighted by Crippen LogP contribution is 2.31. The van der Waals surface area contributed by atoms with E-state index in [1.54, 1.807) is 25.1 Å². The first-order valence-corrected chi connectivity index (χ1v) is 5.38. The van der Waals surface area contributed by atoms with Crippen LogP contribution in [-0.4, -0.2) is 24.7 Å². The number of aromatic nitrogens is 4. The Hall–Kier alpha value is -2.81. The average Bonchev–Trinajstić information content (AvgIpc) is 2.70. The highest BCUT2D eigenvalue weighted by atomic mass is 16.6. The third kappa shape index (κ3) is 1.56. The number of rotatable bonds is 2. The van der Waals surface area contributed by atoms with Gasteiger partial charge in [0.2, 0.25) is 0 Å². The van der Waals surface area contributed by atoms with E-state index in [2.05, 4.69) is 20.7 Å². The summed E-state index contributed by atoms with van der Waals surface area (Å²) in [7, 11) is 0. The molecule has 3 aromatic heterocycles. The maximum Gasteiger partial charge on any atom is 0.306 e. The van der Waals surface area contributed by atoms with Gasteiger partial charge in [0.1, 0.15) is 10.9 Å². The Morgan fingerprint density at radius 3 is 2.89 bits per heavy atom. The number of hydrogen-bond donors (Lipinski definition) is 2. The second-order valence-electron chi connectivity index (χ2n) is 3.99. The molecule has 3 heterocycles. The van der Waals surface area contributed by atoms with E-state index in [0.717, 1.165) is 0 Å². The van der Waals surface area contributed by atoms with Gasteiger partial charge in [0.25, 0.3) is 0 Å². The van der Waals surface area contributed by atoms with Crippen molar-refractivity contribution in [2.45, 2.75) is 6.92 Å². The third-order valence-corrected chi connectivity index (χ3v) is 2.76. The molecule has 3 N–H and O–H groups in total. The highest BCUT2D eigenvalue weighted by Gasteiger charge is 2.23. The molecule has 19 heavy (non-hydrogen) atoms. The summed E-state index contributed by atoms with van der Waals surface area (Å²) < 4.78 is 1.36. The molecule has 0 radical (unpaired) electrons. The molecule has 3 rings (SSSR count). The Bertz CT molecular complexity index is 810. The molecular weight excluding hydrogens is 250 g/mol. The summed E-state index contributed by atoms with van der Waals surface area (Å²) in [6.45, 7) is 1.72. The quantitative estimate of drug-likeness (QED) is 0.395. The van der Waals surface area contributed by atoms with Crippen LogP contribution in [0.5, 0.6) is 0 Å². The first-order chi connectivity index (χ1) is 9.11. The summed E-state index contributed by atoms with van der Waals surface area (Å²) >= 11 is 0. The smallest absolute Gasteiger partial charge is 0.306 e. The van der Waals surface area contributed by atoms with Gasteiger partial charge in [-0.1, -0.05) is 0 Å². The minimum Gasteiger partial charge on any atom is -0.307 e. The zero-order valence-electron chi connectivity index (χ0n) is 9.86. The zero-order chi connectivity index (χ0) is 13.6. The molecule has 9 nitrogen and oxygen atoms in total. The molecule has 0 aromatic carbocycles. The Labute approximate surface area is 106 Å². The van der Waals surface area contributed by atoms with Crippen molar-refractivity contribution in [1.82, 2.24) is 19.8 Å². The van der Waals surface area contributed by atoms with Crippen molar-refractivity contribution in [3.8, 4) is 0 Å². The maximum atomic E-state index is 11.2. The number of nitrogens with two attached hydrogens (primary N) is 1. The third-order valence-electron chi connectivity index (χ3n) is 2.76. The SMILES string of the molecule is Cc1cc2c([N+](=O)[O-])c3ccc(NN)nn3c2nn1. The van der Waals surface area contributed by atoms with Crippen molar-refractivity contribution < 1.29 is 4.92 Å². The van der Waals surface area contributed by atoms with Crippen molar-refractivity contribution in [2.24, 2.45) is 5.84 Å². The molecule has 0 aliphatic rings. The highest BCUT2D eigenvalue weighted by molar-refractivity contribution is 5.97. The van der Waals surface area contributed by atoms with Gasteiger partial charge in [-0.2, -0.15) is 5.10 Å². The largest absolute Gasteiger partial charge is 0.307 e. The summed E-state index contributed by atoms with van der Waals surface area (Å²) in [5.74, 6) is 5.66. The van der Waals surface area contributed by atoms with Crippen LogP contribution < -0.4 is 11.3 Å². The Balaban J connectivity index is 2.53. The maximum absolute atomic E-state index is 11.2. The van der Waals surface area contributed by atoms with E-state index in [9.17, 15) is 10.1 Å². The molecular formula is C10H9N7O2. The normalized spacial score (nSPS) is 11.1. The van der Waals surface area contributed by atoms with E-state index < -0.39 is 4.92 Å². The fraction of sp³-hybridized carbons (Fsp3) is 0.100. The first-order valence-electron chi connectivity index (χ1n) is 5.38.